The zero-order valence-electron chi connectivity index (χ0n) is 10.3. The maximum Gasteiger partial charge on any atom is 0.245 e. The number of hydrogen-bond donors (Lipinski definition) is 2. The fraction of sp³-hybridized carbons (Fsp3) is 0.462. The van der Waals surface area contributed by atoms with Gasteiger partial charge in [0.15, 0.2) is 0 Å². The summed E-state index contributed by atoms with van der Waals surface area (Å²) < 4.78 is 5.62. The lowest BCUT2D eigenvalue weighted by Crippen LogP contribution is -2.28. The molecule has 0 aliphatic carbocycles. The summed E-state index contributed by atoms with van der Waals surface area (Å²) in [5, 5.41) is 11.1. The summed E-state index contributed by atoms with van der Waals surface area (Å²) in [5.41, 5.74) is 2.35. The van der Waals surface area contributed by atoms with Gasteiger partial charge in [-0.15, -0.1) is 0 Å². The first-order chi connectivity index (χ1) is 8.15. The highest BCUT2D eigenvalue weighted by Gasteiger charge is 2.01. The second-order valence-electron chi connectivity index (χ2n) is 3.91. The van der Waals surface area contributed by atoms with E-state index in [1.165, 1.54) is 5.56 Å². The third kappa shape index (κ3) is 4.44. The molecule has 1 rings (SSSR count). The molecule has 0 fully saturated rings. The molecule has 1 aromatic rings. The van der Waals surface area contributed by atoms with Gasteiger partial charge in [0.25, 0.3) is 0 Å². The van der Waals surface area contributed by atoms with Crippen molar-refractivity contribution in [1.82, 2.24) is 5.32 Å². The Bertz CT molecular complexity index is 377. The Balaban J connectivity index is 2.27. The molecule has 94 valence electrons. The number of aliphatic hydroxyl groups excluding tert-OH is 1. The minimum Gasteiger partial charge on any atom is -0.493 e. The van der Waals surface area contributed by atoms with Gasteiger partial charge in [0, 0.05) is 6.54 Å². The molecule has 17 heavy (non-hydrogen) atoms. The maximum absolute atomic E-state index is 10.7. The average molecular weight is 237 g/mol. The lowest BCUT2D eigenvalue weighted by molar-refractivity contribution is -0.123. The van der Waals surface area contributed by atoms with E-state index >= 15 is 0 Å². The van der Waals surface area contributed by atoms with Crippen molar-refractivity contribution in [1.29, 1.82) is 0 Å². The number of carbonyl (C=O) groups is 1. The minimum absolute atomic E-state index is 0.350. The number of benzene rings is 1. The molecule has 0 saturated carbocycles. The second-order valence-corrected chi connectivity index (χ2v) is 3.91. The number of rotatable bonds is 6. The third-order valence-electron chi connectivity index (χ3n) is 2.60. The minimum atomic E-state index is -0.460. The summed E-state index contributed by atoms with van der Waals surface area (Å²) in [6.45, 7) is 4.68. The molecule has 0 radical (unpaired) electrons. The molecular weight excluding hydrogens is 218 g/mol. The van der Waals surface area contributed by atoms with Crippen LogP contribution >= 0.6 is 0 Å². The largest absolute Gasteiger partial charge is 0.493 e. The molecule has 4 heteroatoms. The molecule has 0 atom stereocenters. The van der Waals surface area contributed by atoms with Gasteiger partial charge >= 0.3 is 0 Å². The Labute approximate surface area is 102 Å². The van der Waals surface area contributed by atoms with Crippen LogP contribution in [0.5, 0.6) is 5.75 Å². The molecule has 1 amide bonds. The van der Waals surface area contributed by atoms with Gasteiger partial charge in [0.05, 0.1) is 6.61 Å². The molecule has 0 unspecified atom stereocenters. The Kier molecular flexibility index (Phi) is 5.49. The highest BCUT2D eigenvalue weighted by atomic mass is 16.5. The Morgan fingerprint density at radius 3 is 2.88 bits per heavy atom. The van der Waals surface area contributed by atoms with Gasteiger partial charge in [-0.25, -0.2) is 0 Å². The molecule has 4 nitrogen and oxygen atoms in total. The zero-order chi connectivity index (χ0) is 12.7. The molecule has 0 aliphatic rings. The van der Waals surface area contributed by atoms with Gasteiger partial charge in [-0.1, -0.05) is 12.1 Å². The van der Waals surface area contributed by atoms with E-state index < -0.39 is 6.61 Å². The number of nitrogens with one attached hydrogen (secondary N) is 1. The zero-order valence-corrected chi connectivity index (χ0v) is 10.3. The van der Waals surface area contributed by atoms with Crippen molar-refractivity contribution in [2.45, 2.75) is 20.3 Å². The number of hydrogen-bond acceptors (Lipinski definition) is 3. The Morgan fingerprint density at radius 1 is 1.41 bits per heavy atom. The molecule has 2 N–H and O–H groups in total. The van der Waals surface area contributed by atoms with Gasteiger partial charge < -0.3 is 15.2 Å². The quantitative estimate of drug-likeness (QED) is 0.730. The first kappa shape index (κ1) is 13.5. The summed E-state index contributed by atoms with van der Waals surface area (Å²) in [4.78, 5) is 10.7. The van der Waals surface area contributed by atoms with Crippen LogP contribution in [0.2, 0.25) is 0 Å². The van der Waals surface area contributed by atoms with Crippen molar-refractivity contribution in [2.75, 3.05) is 19.8 Å². The van der Waals surface area contributed by atoms with E-state index in [4.69, 9.17) is 9.84 Å². The standard InChI is InChI=1S/C13H19NO3/c1-10-5-3-6-12(11(10)2)17-8-4-7-14-13(16)9-15/h3,5-6,15H,4,7-9H2,1-2H3,(H,14,16). The number of aryl methyl sites for hydroxylation is 1. The van der Waals surface area contributed by atoms with E-state index in [9.17, 15) is 4.79 Å². The van der Waals surface area contributed by atoms with Crippen LogP contribution in [-0.4, -0.2) is 30.8 Å². The van der Waals surface area contributed by atoms with Crippen molar-refractivity contribution in [2.24, 2.45) is 0 Å². The predicted molar refractivity (Wildman–Crippen MR) is 66.1 cm³/mol. The average Bonchev–Trinajstić information content (AvgIpc) is 2.33. The SMILES string of the molecule is Cc1cccc(OCCCNC(=O)CO)c1C. The molecule has 0 aromatic heterocycles. The first-order valence-electron chi connectivity index (χ1n) is 5.71. The predicted octanol–water partition coefficient (Wildman–Crippen LogP) is 1.18. The highest BCUT2D eigenvalue weighted by Crippen LogP contribution is 2.20. The summed E-state index contributed by atoms with van der Waals surface area (Å²) in [5.74, 6) is 0.537. The van der Waals surface area contributed by atoms with Crippen molar-refractivity contribution in [3.05, 3.63) is 29.3 Å². The lowest BCUT2D eigenvalue weighted by atomic mass is 10.1. The third-order valence-corrected chi connectivity index (χ3v) is 2.60. The Hall–Kier alpha value is -1.55. The number of amides is 1. The van der Waals surface area contributed by atoms with Crippen LogP contribution in [0.15, 0.2) is 18.2 Å². The molecule has 0 heterocycles. The molecule has 0 spiro atoms. The van der Waals surface area contributed by atoms with Crippen molar-refractivity contribution in [3.63, 3.8) is 0 Å². The number of aliphatic hydroxyl groups is 1. The molecule has 0 bridgehead atoms. The van der Waals surface area contributed by atoms with Crippen molar-refractivity contribution < 1.29 is 14.6 Å². The second kappa shape index (κ2) is 6.91. The molecule has 0 saturated heterocycles. The van der Waals surface area contributed by atoms with Gasteiger partial charge in [0.1, 0.15) is 12.4 Å². The van der Waals surface area contributed by atoms with E-state index in [2.05, 4.69) is 5.32 Å². The maximum atomic E-state index is 10.7. The number of carbonyl (C=O) groups excluding carboxylic acids is 1. The normalized spacial score (nSPS) is 10.1. The van der Waals surface area contributed by atoms with Crippen LogP contribution in [0, 0.1) is 13.8 Å². The first-order valence-corrected chi connectivity index (χ1v) is 5.71. The van der Waals surface area contributed by atoms with Crippen molar-refractivity contribution in [3.8, 4) is 5.75 Å². The fourth-order valence-corrected chi connectivity index (χ4v) is 1.42. The van der Waals surface area contributed by atoms with Crippen LogP contribution < -0.4 is 10.1 Å². The summed E-state index contributed by atoms with van der Waals surface area (Å²) in [7, 11) is 0. The van der Waals surface area contributed by atoms with Crippen LogP contribution in [0.3, 0.4) is 0 Å². The van der Waals surface area contributed by atoms with Gasteiger partial charge in [-0.2, -0.15) is 0 Å². The van der Waals surface area contributed by atoms with E-state index in [0.717, 1.165) is 17.7 Å². The van der Waals surface area contributed by atoms with Gasteiger partial charge in [0.2, 0.25) is 5.91 Å². The molecule has 0 aliphatic heterocycles. The monoisotopic (exact) mass is 237 g/mol. The topological polar surface area (TPSA) is 58.6 Å². The fourth-order valence-electron chi connectivity index (χ4n) is 1.42. The van der Waals surface area contributed by atoms with E-state index in [-0.39, 0.29) is 5.91 Å². The Morgan fingerprint density at radius 2 is 2.18 bits per heavy atom. The molecular formula is C13H19NO3. The van der Waals surface area contributed by atoms with Gasteiger partial charge in [-0.3, -0.25) is 4.79 Å². The van der Waals surface area contributed by atoms with E-state index in [1.807, 2.05) is 32.0 Å². The van der Waals surface area contributed by atoms with Crippen molar-refractivity contribution >= 4 is 5.91 Å². The van der Waals surface area contributed by atoms with Gasteiger partial charge in [-0.05, 0) is 37.5 Å². The smallest absolute Gasteiger partial charge is 0.245 e. The van der Waals surface area contributed by atoms with E-state index in [0.29, 0.717) is 13.2 Å². The van der Waals surface area contributed by atoms with Crippen LogP contribution in [0.1, 0.15) is 17.5 Å². The summed E-state index contributed by atoms with van der Waals surface area (Å²) in [6, 6.07) is 5.95. The van der Waals surface area contributed by atoms with Crippen LogP contribution in [-0.2, 0) is 4.79 Å². The lowest BCUT2D eigenvalue weighted by Gasteiger charge is -2.10. The van der Waals surface area contributed by atoms with Crippen LogP contribution in [0.4, 0.5) is 0 Å². The summed E-state index contributed by atoms with van der Waals surface area (Å²) in [6.07, 6.45) is 0.721. The molecule has 1 aromatic carbocycles. The van der Waals surface area contributed by atoms with E-state index in [1.54, 1.807) is 0 Å². The summed E-state index contributed by atoms with van der Waals surface area (Å²) >= 11 is 0. The number of ether oxygens (including phenoxy) is 1. The van der Waals surface area contributed by atoms with Crippen LogP contribution in [0.25, 0.3) is 0 Å². The highest BCUT2D eigenvalue weighted by molar-refractivity contribution is 5.76.